The molecular weight excluding hydrogens is 701 g/mol. The number of ether oxygens (including phenoxy) is 4. The molecule has 4 aromatic carbocycles. The van der Waals surface area contributed by atoms with Crippen molar-refractivity contribution in [2.75, 3.05) is 13.2 Å². The van der Waals surface area contributed by atoms with Crippen molar-refractivity contribution in [3.8, 4) is 23.0 Å². The number of hydrogen-bond donors (Lipinski definition) is 2. The first-order chi connectivity index (χ1) is 27.6. The van der Waals surface area contributed by atoms with E-state index >= 15 is 0 Å². The molecule has 0 radical (unpaired) electrons. The van der Waals surface area contributed by atoms with Gasteiger partial charge in [0.2, 0.25) is 0 Å². The van der Waals surface area contributed by atoms with Crippen molar-refractivity contribution in [1.29, 1.82) is 0 Å². The summed E-state index contributed by atoms with van der Waals surface area (Å²) < 4.78 is 23.9. The van der Waals surface area contributed by atoms with Gasteiger partial charge in [-0.05, 0) is 96.8 Å². The fourth-order valence-corrected chi connectivity index (χ4v) is 6.45. The van der Waals surface area contributed by atoms with Crippen LogP contribution in [0.3, 0.4) is 0 Å². The van der Waals surface area contributed by atoms with Crippen LogP contribution in [-0.4, -0.2) is 35.1 Å². The van der Waals surface area contributed by atoms with Crippen LogP contribution >= 0.6 is 0 Å². The van der Waals surface area contributed by atoms with E-state index in [-0.39, 0.29) is 11.4 Å². The van der Waals surface area contributed by atoms with Crippen molar-refractivity contribution >= 4 is 11.4 Å². The Morgan fingerprint density at radius 2 is 0.661 bits per heavy atom. The smallest absolute Gasteiger partial charge is 0.139 e. The van der Waals surface area contributed by atoms with Crippen LogP contribution in [0.1, 0.15) is 139 Å². The van der Waals surface area contributed by atoms with Gasteiger partial charge in [0.1, 0.15) is 47.6 Å². The molecule has 8 heteroatoms. The summed E-state index contributed by atoms with van der Waals surface area (Å²) in [7, 11) is 0. The fourth-order valence-electron chi connectivity index (χ4n) is 6.45. The van der Waals surface area contributed by atoms with Crippen LogP contribution in [0.25, 0.3) is 0 Å². The van der Waals surface area contributed by atoms with Crippen molar-refractivity contribution in [2.24, 2.45) is 10.3 Å². The molecular formula is C48H64N2O6. The van der Waals surface area contributed by atoms with Crippen LogP contribution < -0.4 is 18.9 Å². The normalized spacial score (nSPS) is 11.8. The summed E-state index contributed by atoms with van der Waals surface area (Å²) in [6.45, 7) is 6.78. The Hall–Kier alpha value is -4.98. The molecule has 8 nitrogen and oxygen atoms in total. The zero-order chi connectivity index (χ0) is 39.5. The van der Waals surface area contributed by atoms with Crippen LogP contribution in [-0.2, 0) is 13.2 Å². The highest BCUT2D eigenvalue weighted by molar-refractivity contribution is 6.53. The maximum atomic E-state index is 9.93. The van der Waals surface area contributed by atoms with E-state index in [1.54, 1.807) is 48.5 Å². The molecule has 0 aliphatic carbocycles. The maximum Gasteiger partial charge on any atom is 0.139 e. The first kappa shape index (κ1) is 43.7. The molecule has 0 aliphatic rings. The lowest BCUT2D eigenvalue weighted by Gasteiger charge is -2.11. The lowest BCUT2D eigenvalue weighted by molar-refractivity contribution is 0.299. The van der Waals surface area contributed by atoms with Gasteiger partial charge in [0.15, 0.2) is 0 Å². The summed E-state index contributed by atoms with van der Waals surface area (Å²) in [5, 5.41) is 26.8. The van der Waals surface area contributed by atoms with Gasteiger partial charge >= 0.3 is 0 Å². The van der Waals surface area contributed by atoms with Crippen LogP contribution in [0, 0.1) is 0 Å². The summed E-state index contributed by atoms with van der Waals surface area (Å²) in [4.78, 5) is 0. The van der Waals surface area contributed by atoms with Crippen molar-refractivity contribution in [3.63, 3.8) is 0 Å². The highest BCUT2D eigenvalue weighted by atomic mass is 16.5. The molecule has 302 valence electrons. The van der Waals surface area contributed by atoms with Crippen molar-refractivity contribution in [2.45, 2.75) is 130 Å². The van der Waals surface area contributed by atoms with Crippen LogP contribution in [0.2, 0.25) is 0 Å². The predicted octanol–water partition coefficient (Wildman–Crippen LogP) is 12.9. The first-order valence-corrected chi connectivity index (χ1v) is 21.0. The molecule has 0 saturated heterocycles. The second-order valence-electron chi connectivity index (χ2n) is 14.5. The molecule has 4 aromatic rings. The summed E-state index contributed by atoms with van der Waals surface area (Å²) in [5.74, 6) is 3.06. The van der Waals surface area contributed by atoms with Gasteiger partial charge in [-0.15, -0.1) is 0 Å². The molecule has 0 atom stereocenters. The highest BCUT2D eigenvalue weighted by Gasteiger charge is 2.17. The molecule has 0 unspecified atom stereocenters. The van der Waals surface area contributed by atoms with Gasteiger partial charge in [0.25, 0.3) is 0 Å². The number of hydrogen-bond acceptors (Lipinski definition) is 8. The molecule has 0 fully saturated rings. The Morgan fingerprint density at radius 1 is 0.375 bits per heavy atom. The minimum absolute atomic E-state index is 0.125. The highest BCUT2D eigenvalue weighted by Crippen LogP contribution is 2.21. The number of nitrogens with zero attached hydrogens (tertiary/aromatic N) is 2. The number of oxime groups is 2. The molecule has 0 bridgehead atoms. The quantitative estimate of drug-likeness (QED) is 0.0247. The third-order valence-electron chi connectivity index (χ3n) is 9.87. The third kappa shape index (κ3) is 16.4. The Labute approximate surface area is 335 Å². The zero-order valence-corrected chi connectivity index (χ0v) is 33.8. The van der Waals surface area contributed by atoms with E-state index in [4.69, 9.17) is 18.9 Å². The third-order valence-corrected chi connectivity index (χ3v) is 9.87. The average Bonchev–Trinajstić information content (AvgIpc) is 3.24. The number of rotatable bonds is 29. The SMILES string of the molecule is CCCCCCCCCCOc1ccc(COc2ccc(C(=N/O)/C(=N/O)c3ccc(OCc4ccc(OCCCCCCCCCC)cc4)cc3)cc2)cc1. The second kappa shape index (κ2) is 26.8. The lowest BCUT2D eigenvalue weighted by atomic mass is 10.00. The Balaban J connectivity index is 1.16. The molecule has 0 heterocycles. The summed E-state index contributed by atoms with van der Waals surface area (Å²) in [6.07, 6.45) is 20.5. The van der Waals surface area contributed by atoms with Gasteiger partial charge in [-0.25, -0.2) is 0 Å². The molecule has 2 N–H and O–H groups in total. The zero-order valence-electron chi connectivity index (χ0n) is 33.8. The van der Waals surface area contributed by atoms with E-state index < -0.39 is 0 Å². The standard InChI is InChI=1S/C48H64N2O6/c1-3-5-7-9-11-13-15-17-35-53-43-27-19-39(20-28-43)37-55-45-31-23-41(24-32-45)47(49-51)48(50-52)42-25-33-46(34-26-42)56-38-40-21-29-44(30-22-40)54-36-18-16-14-12-10-8-6-4-2/h19-34,51-52H,3-18,35-38H2,1-2H3/b49-47-,50-48+. The largest absolute Gasteiger partial charge is 0.494 e. The first-order valence-electron chi connectivity index (χ1n) is 21.0. The van der Waals surface area contributed by atoms with Gasteiger partial charge in [0.05, 0.1) is 13.2 Å². The molecule has 0 spiro atoms. The van der Waals surface area contributed by atoms with Gasteiger partial charge in [-0.1, -0.05) is 138 Å². The monoisotopic (exact) mass is 764 g/mol. The molecule has 0 aliphatic heterocycles. The summed E-state index contributed by atoms with van der Waals surface area (Å²) in [5.41, 5.74) is 3.44. The van der Waals surface area contributed by atoms with Crippen LogP contribution in [0.4, 0.5) is 0 Å². The number of unbranched alkanes of at least 4 members (excludes halogenated alkanes) is 14. The molecule has 4 rings (SSSR count). The van der Waals surface area contributed by atoms with E-state index in [1.807, 2.05) is 48.5 Å². The minimum atomic E-state index is 0.125. The van der Waals surface area contributed by atoms with Gasteiger partial charge < -0.3 is 29.4 Å². The van der Waals surface area contributed by atoms with E-state index in [0.29, 0.717) is 35.8 Å². The van der Waals surface area contributed by atoms with Gasteiger partial charge in [0, 0.05) is 11.1 Å². The fraction of sp³-hybridized carbons (Fsp3) is 0.458. The Kier molecular flexibility index (Phi) is 20.9. The molecule has 0 saturated carbocycles. The number of benzene rings is 4. The van der Waals surface area contributed by atoms with Gasteiger partial charge in [-0.3, -0.25) is 0 Å². The van der Waals surface area contributed by atoms with E-state index in [0.717, 1.165) is 48.7 Å². The van der Waals surface area contributed by atoms with Crippen molar-refractivity contribution < 1.29 is 29.4 Å². The molecule has 0 aromatic heterocycles. The minimum Gasteiger partial charge on any atom is -0.494 e. The van der Waals surface area contributed by atoms with Crippen molar-refractivity contribution in [1.82, 2.24) is 0 Å². The maximum absolute atomic E-state index is 9.93. The topological polar surface area (TPSA) is 102 Å². The second-order valence-corrected chi connectivity index (χ2v) is 14.5. The van der Waals surface area contributed by atoms with E-state index in [9.17, 15) is 10.4 Å². The molecule has 56 heavy (non-hydrogen) atoms. The van der Waals surface area contributed by atoms with Crippen molar-refractivity contribution in [3.05, 3.63) is 119 Å². The summed E-state index contributed by atoms with van der Waals surface area (Å²) in [6, 6.07) is 30.2. The van der Waals surface area contributed by atoms with Gasteiger partial charge in [-0.2, -0.15) is 0 Å². The average molecular weight is 765 g/mol. The summed E-state index contributed by atoms with van der Waals surface area (Å²) >= 11 is 0. The lowest BCUT2D eigenvalue weighted by Crippen LogP contribution is -2.17. The van der Waals surface area contributed by atoms with E-state index in [2.05, 4.69) is 24.2 Å². The molecule has 0 amide bonds. The Bertz CT molecular complexity index is 1540. The van der Waals surface area contributed by atoms with Crippen LogP contribution in [0.15, 0.2) is 107 Å². The van der Waals surface area contributed by atoms with Crippen LogP contribution in [0.5, 0.6) is 23.0 Å². The van der Waals surface area contributed by atoms with E-state index in [1.165, 1.54) is 89.9 Å². The predicted molar refractivity (Wildman–Crippen MR) is 227 cm³/mol. The Morgan fingerprint density at radius 3 is 0.982 bits per heavy atom.